The molecule has 0 bridgehead atoms. The third-order valence-electron chi connectivity index (χ3n) is 3.66. The zero-order valence-electron chi connectivity index (χ0n) is 14.8. The van der Waals surface area contributed by atoms with Crippen molar-refractivity contribution in [2.45, 2.75) is 19.1 Å². The Morgan fingerprint density at radius 3 is 2.41 bits per heavy atom. The lowest BCUT2D eigenvalue weighted by molar-refractivity contribution is -0.141. The van der Waals surface area contributed by atoms with E-state index in [9.17, 15) is 13.2 Å². The molecule has 10 heteroatoms. The Kier molecular flexibility index (Phi) is 4.98. The van der Waals surface area contributed by atoms with E-state index in [0.29, 0.717) is 5.89 Å². The lowest BCUT2D eigenvalue weighted by Gasteiger charge is -2.17. The molecule has 1 unspecified atom stereocenters. The molecule has 142 valence electrons. The summed E-state index contributed by atoms with van der Waals surface area (Å²) < 4.78 is 44.5. The SMILES string of the molecule is CC(Nc1nc(N(C)C)cc(C(F)(F)F)n1)c1noc(-c2ccccc2)n1. The number of anilines is 2. The fraction of sp³-hybridized carbons (Fsp3) is 0.294. The molecule has 7 nitrogen and oxygen atoms in total. The van der Waals surface area contributed by atoms with E-state index in [1.54, 1.807) is 21.0 Å². The van der Waals surface area contributed by atoms with E-state index < -0.39 is 17.9 Å². The Bertz CT molecular complexity index is 911. The van der Waals surface area contributed by atoms with Crippen LogP contribution in [0, 0.1) is 0 Å². The van der Waals surface area contributed by atoms with Gasteiger partial charge in [-0.3, -0.25) is 0 Å². The molecule has 0 spiro atoms. The quantitative estimate of drug-likeness (QED) is 0.724. The van der Waals surface area contributed by atoms with Crippen LogP contribution in [0.3, 0.4) is 0 Å². The fourth-order valence-electron chi connectivity index (χ4n) is 2.24. The number of aromatic nitrogens is 4. The van der Waals surface area contributed by atoms with E-state index in [4.69, 9.17) is 4.52 Å². The van der Waals surface area contributed by atoms with Crippen molar-refractivity contribution in [3.05, 3.63) is 47.9 Å². The van der Waals surface area contributed by atoms with Crippen molar-refractivity contribution in [1.82, 2.24) is 20.1 Å². The van der Waals surface area contributed by atoms with Crippen LogP contribution >= 0.6 is 0 Å². The third-order valence-corrected chi connectivity index (χ3v) is 3.66. The van der Waals surface area contributed by atoms with Crippen LogP contribution in [0.1, 0.15) is 24.5 Å². The highest BCUT2D eigenvalue weighted by Crippen LogP contribution is 2.31. The van der Waals surface area contributed by atoms with Crippen molar-refractivity contribution in [2.75, 3.05) is 24.3 Å². The third kappa shape index (κ3) is 4.33. The van der Waals surface area contributed by atoms with E-state index in [2.05, 4.69) is 25.4 Å². The Morgan fingerprint density at radius 1 is 1.07 bits per heavy atom. The molecule has 1 N–H and O–H groups in total. The Morgan fingerprint density at radius 2 is 1.78 bits per heavy atom. The number of nitrogens with one attached hydrogen (secondary N) is 1. The molecule has 0 aliphatic heterocycles. The van der Waals surface area contributed by atoms with Gasteiger partial charge in [0.15, 0.2) is 11.5 Å². The average molecular weight is 378 g/mol. The van der Waals surface area contributed by atoms with Gasteiger partial charge in [0.05, 0.1) is 6.04 Å². The van der Waals surface area contributed by atoms with Crippen molar-refractivity contribution < 1.29 is 17.7 Å². The van der Waals surface area contributed by atoms with Crippen LogP contribution in [-0.4, -0.2) is 34.2 Å². The Hall–Kier alpha value is -3.17. The number of hydrogen-bond acceptors (Lipinski definition) is 7. The highest BCUT2D eigenvalue weighted by Gasteiger charge is 2.34. The largest absolute Gasteiger partial charge is 0.433 e. The summed E-state index contributed by atoms with van der Waals surface area (Å²) in [6, 6.07) is 9.48. The average Bonchev–Trinajstić information content (AvgIpc) is 3.12. The van der Waals surface area contributed by atoms with Gasteiger partial charge in [0.2, 0.25) is 5.95 Å². The fourth-order valence-corrected chi connectivity index (χ4v) is 2.24. The lowest BCUT2D eigenvalue weighted by Crippen LogP contribution is -2.19. The molecule has 0 amide bonds. The predicted octanol–water partition coefficient (Wildman–Crippen LogP) is 3.78. The van der Waals surface area contributed by atoms with Gasteiger partial charge < -0.3 is 14.7 Å². The van der Waals surface area contributed by atoms with Gasteiger partial charge in [-0.25, -0.2) is 4.98 Å². The van der Waals surface area contributed by atoms with Crippen LogP contribution in [-0.2, 0) is 6.18 Å². The van der Waals surface area contributed by atoms with E-state index in [-0.39, 0.29) is 17.6 Å². The van der Waals surface area contributed by atoms with Crippen LogP contribution in [0.2, 0.25) is 0 Å². The maximum atomic E-state index is 13.1. The maximum absolute atomic E-state index is 13.1. The first-order chi connectivity index (χ1) is 12.7. The maximum Gasteiger partial charge on any atom is 0.433 e. The molecule has 0 fully saturated rings. The number of nitrogens with zero attached hydrogens (tertiary/aromatic N) is 5. The highest BCUT2D eigenvalue weighted by molar-refractivity contribution is 5.52. The van der Waals surface area contributed by atoms with Crippen molar-refractivity contribution in [3.63, 3.8) is 0 Å². The molecule has 1 atom stereocenters. The van der Waals surface area contributed by atoms with Gasteiger partial charge in [0, 0.05) is 25.7 Å². The van der Waals surface area contributed by atoms with Gasteiger partial charge in [-0.15, -0.1) is 0 Å². The standard InChI is InChI=1S/C17H17F3N6O/c1-10(14-24-15(27-25-14)11-7-5-4-6-8-11)21-16-22-12(17(18,19)20)9-13(23-16)26(2)3/h4-10H,1-3H3,(H,21,22,23). The zero-order chi connectivity index (χ0) is 19.6. The molecular formula is C17H17F3N6O. The molecule has 0 saturated heterocycles. The minimum atomic E-state index is -4.58. The number of rotatable bonds is 5. The van der Waals surface area contributed by atoms with E-state index in [0.717, 1.165) is 11.6 Å². The van der Waals surface area contributed by atoms with Crippen LogP contribution in [0.25, 0.3) is 11.5 Å². The minimum Gasteiger partial charge on any atom is -0.363 e. The summed E-state index contributed by atoms with van der Waals surface area (Å²) in [5, 5.41) is 6.68. The van der Waals surface area contributed by atoms with Crippen molar-refractivity contribution in [2.24, 2.45) is 0 Å². The molecule has 0 radical (unpaired) electrons. The first-order valence-corrected chi connectivity index (χ1v) is 8.03. The number of hydrogen-bond donors (Lipinski definition) is 1. The van der Waals surface area contributed by atoms with E-state index >= 15 is 0 Å². The summed E-state index contributed by atoms with van der Waals surface area (Å²) in [6.45, 7) is 1.68. The summed E-state index contributed by atoms with van der Waals surface area (Å²) in [6.07, 6.45) is -4.58. The van der Waals surface area contributed by atoms with Crippen molar-refractivity contribution >= 4 is 11.8 Å². The van der Waals surface area contributed by atoms with Gasteiger partial charge in [-0.2, -0.15) is 23.1 Å². The number of benzene rings is 1. The van der Waals surface area contributed by atoms with E-state index in [1.165, 1.54) is 4.90 Å². The van der Waals surface area contributed by atoms with Gasteiger partial charge in [-0.05, 0) is 19.1 Å². The normalized spacial score (nSPS) is 12.7. The molecule has 1 aromatic carbocycles. The molecule has 0 saturated carbocycles. The minimum absolute atomic E-state index is 0.130. The summed E-state index contributed by atoms with van der Waals surface area (Å²) in [7, 11) is 3.20. The Labute approximate surface area is 153 Å². The van der Waals surface area contributed by atoms with Gasteiger partial charge >= 0.3 is 6.18 Å². The zero-order valence-corrected chi connectivity index (χ0v) is 14.8. The second-order valence-electron chi connectivity index (χ2n) is 6.02. The molecule has 3 rings (SSSR count). The van der Waals surface area contributed by atoms with Crippen LogP contribution in [0.15, 0.2) is 40.9 Å². The summed E-state index contributed by atoms with van der Waals surface area (Å²) >= 11 is 0. The Balaban J connectivity index is 1.84. The smallest absolute Gasteiger partial charge is 0.363 e. The predicted molar refractivity (Wildman–Crippen MR) is 93.1 cm³/mol. The molecule has 3 aromatic rings. The van der Waals surface area contributed by atoms with Gasteiger partial charge in [0.1, 0.15) is 5.82 Å². The summed E-state index contributed by atoms with van der Waals surface area (Å²) in [5.41, 5.74) is -0.289. The molecule has 0 aliphatic rings. The summed E-state index contributed by atoms with van der Waals surface area (Å²) in [5.74, 6) is 0.552. The monoisotopic (exact) mass is 378 g/mol. The number of alkyl halides is 3. The highest BCUT2D eigenvalue weighted by atomic mass is 19.4. The van der Waals surface area contributed by atoms with E-state index in [1.807, 2.05) is 30.3 Å². The van der Waals surface area contributed by atoms with Crippen molar-refractivity contribution in [3.8, 4) is 11.5 Å². The second-order valence-corrected chi connectivity index (χ2v) is 6.02. The molecule has 27 heavy (non-hydrogen) atoms. The summed E-state index contributed by atoms with van der Waals surface area (Å²) in [4.78, 5) is 13.4. The van der Waals surface area contributed by atoms with Crippen molar-refractivity contribution in [1.29, 1.82) is 0 Å². The first-order valence-electron chi connectivity index (χ1n) is 8.03. The molecule has 2 aromatic heterocycles. The number of halogens is 3. The first kappa shape index (κ1) is 18.6. The molecule has 2 heterocycles. The van der Waals surface area contributed by atoms with Crippen LogP contribution in [0.4, 0.5) is 24.9 Å². The molecule has 0 aliphatic carbocycles. The second kappa shape index (κ2) is 7.22. The van der Waals surface area contributed by atoms with Crippen LogP contribution < -0.4 is 10.2 Å². The van der Waals surface area contributed by atoms with Crippen LogP contribution in [0.5, 0.6) is 0 Å². The molecular weight excluding hydrogens is 361 g/mol. The van der Waals surface area contributed by atoms with Gasteiger partial charge in [-0.1, -0.05) is 23.4 Å². The van der Waals surface area contributed by atoms with Gasteiger partial charge in [0.25, 0.3) is 5.89 Å². The topological polar surface area (TPSA) is 80.0 Å². The lowest BCUT2D eigenvalue weighted by atomic mass is 10.2.